The van der Waals surface area contributed by atoms with Gasteiger partial charge in [-0.3, -0.25) is 9.59 Å². The lowest BCUT2D eigenvalue weighted by atomic mass is 10.1. The number of hydrogen-bond acceptors (Lipinski definition) is 3. The first-order valence-corrected chi connectivity index (χ1v) is 8.21. The summed E-state index contributed by atoms with van der Waals surface area (Å²) in [7, 11) is 0. The molecular formula is C17H20N2O2S. The van der Waals surface area contributed by atoms with E-state index in [9.17, 15) is 9.59 Å². The predicted molar refractivity (Wildman–Crippen MR) is 91.2 cm³/mol. The van der Waals surface area contributed by atoms with Crippen molar-refractivity contribution in [3.8, 4) is 0 Å². The van der Waals surface area contributed by atoms with E-state index in [2.05, 4.69) is 28.1 Å². The molecule has 0 unspecified atom stereocenters. The van der Waals surface area contributed by atoms with E-state index in [0.29, 0.717) is 6.42 Å². The molecule has 0 bridgehead atoms. The van der Waals surface area contributed by atoms with Gasteiger partial charge in [0, 0.05) is 29.6 Å². The van der Waals surface area contributed by atoms with Gasteiger partial charge in [-0.15, -0.1) is 11.3 Å². The van der Waals surface area contributed by atoms with E-state index in [0.717, 1.165) is 30.6 Å². The summed E-state index contributed by atoms with van der Waals surface area (Å²) in [5.74, 6) is -0.0824. The highest BCUT2D eigenvalue weighted by molar-refractivity contribution is 7.09. The summed E-state index contributed by atoms with van der Waals surface area (Å²) >= 11 is 1.76. The molecule has 0 saturated heterocycles. The lowest BCUT2D eigenvalue weighted by molar-refractivity contribution is -0.116. The minimum absolute atomic E-state index is 0.0263. The smallest absolute Gasteiger partial charge is 0.224 e. The van der Waals surface area contributed by atoms with Crippen molar-refractivity contribution in [3.63, 3.8) is 0 Å². The topological polar surface area (TPSA) is 58.2 Å². The van der Waals surface area contributed by atoms with Crippen LogP contribution in [0.4, 0.5) is 11.4 Å². The summed E-state index contributed by atoms with van der Waals surface area (Å²) in [6, 6.07) is 11.3. The van der Waals surface area contributed by atoms with Crippen molar-refractivity contribution < 1.29 is 9.59 Å². The molecule has 2 aromatic rings. The van der Waals surface area contributed by atoms with Crippen molar-refractivity contribution in [2.75, 3.05) is 10.6 Å². The van der Waals surface area contributed by atoms with Crippen molar-refractivity contribution in [2.24, 2.45) is 0 Å². The van der Waals surface area contributed by atoms with Gasteiger partial charge in [0.2, 0.25) is 11.8 Å². The van der Waals surface area contributed by atoms with E-state index in [1.807, 2.05) is 0 Å². The summed E-state index contributed by atoms with van der Waals surface area (Å²) in [6.07, 6.45) is 3.47. The molecule has 0 saturated carbocycles. The molecule has 1 heterocycles. The van der Waals surface area contributed by atoms with Gasteiger partial charge in [-0.2, -0.15) is 0 Å². The number of unbranched alkanes of at least 4 members (excludes halogenated alkanes) is 1. The molecule has 2 rings (SSSR count). The third-order valence-corrected chi connectivity index (χ3v) is 4.08. The van der Waals surface area contributed by atoms with Gasteiger partial charge in [0.25, 0.3) is 0 Å². The monoisotopic (exact) mass is 316 g/mol. The molecule has 0 fully saturated rings. The molecule has 0 aliphatic carbocycles. The maximum Gasteiger partial charge on any atom is 0.224 e. The third-order valence-electron chi connectivity index (χ3n) is 3.15. The Morgan fingerprint density at radius 2 is 1.68 bits per heavy atom. The molecule has 4 nitrogen and oxygen atoms in total. The summed E-state index contributed by atoms with van der Waals surface area (Å²) in [4.78, 5) is 24.2. The van der Waals surface area contributed by atoms with E-state index in [-0.39, 0.29) is 11.8 Å². The molecule has 0 radical (unpaired) electrons. The van der Waals surface area contributed by atoms with Crippen molar-refractivity contribution >= 4 is 34.5 Å². The molecule has 0 atom stereocenters. The molecule has 1 aromatic carbocycles. The second-order valence-electron chi connectivity index (χ2n) is 5.09. The maximum atomic E-state index is 11.9. The Morgan fingerprint density at radius 1 is 1.00 bits per heavy atom. The average Bonchev–Trinajstić information content (AvgIpc) is 2.98. The average molecular weight is 316 g/mol. The van der Waals surface area contributed by atoms with E-state index >= 15 is 0 Å². The molecule has 0 aliphatic heterocycles. The number of carbonyl (C=O) groups is 2. The Bertz CT molecular complexity index is 606. The number of rotatable bonds is 7. The molecule has 2 amide bonds. The van der Waals surface area contributed by atoms with Crippen LogP contribution in [0, 0.1) is 0 Å². The molecule has 1 aromatic heterocycles. The molecule has 2 N–H and O–H groups in total. The van der Waals surface area contributed by atoms with Gasteiger partial charge in [-0.05, 0) is 55.0 Å². The first-order valence-electron chi connectivity index (χ1n) is 7.33. The highest BCUT2D eigenvalue weighted by Gasteiger charge is 2.03. The molecule has 0 aliphatic rings. The number of aryl methyl sites for hydroxylation is 1. The summed E-state index contributed by atoms with van der Waals surface area (Å²) in [6.45, 7) is 1.46. The van der Waals surface area contributed by atoms with Crippen LogP contribution in [0.5, 0.6) is 0 Å². The zero-order valence-electron chi connectivity index (χ0n) is 12.6. The Hall–Kier alpha value is -2.14. The summed E-state index contributed by atoms with van der Waals surface area (Å²) in [5, 5.41) is 7.63. The highest BCUT2D eigenvalue weighted by atomic mass is 32.1. The van der Waals surface area contributed by atoms with Gasteiger partial charge in [0.1, 0.15) is 0 Å². The number of nitrogens with one attached hydrogen (secondary N) is 2. The van der Waals surface area contributed by atoms with Gasteiger partial charge in [-0.25, -0.2) is 0 Å². The Balaban J connectivity index is 1.69. The van der Waals surface area contributed by atoms with E-state index in [1.165, 1.54) is 11.8 Å². The number of thiophene rings is 1. The van der Waals surface area contributed by atoms with Crippen LogP contribution in [-0.4, -0.2) is 11.8 Å². The Morgan fingerprint density at radius 3 is 2.27 bits per heavy atom. The molecule has 5 heteroatoms. The lowest BCUT2D eigenvalue weighted by Gasteiger charge is -2.07. The third kappa shape index (κ3) is 5.69. The molecule has 0 spiro atoms. The number of anilines is 2. The second kappa shape index (κ2) is 8.34. The standard InChI is InChI=1S/C17H20N2O2S/c1-13(20)18-14-8-10-15(11-9-14)19-17(21)7-3-2-5-16-6-4-12-22-16/h4,6,8-12H,2-3,5,7H2,1H3,(H,18,20)(H,19,21). The lowest BCUT2D eigenvalue weighted by Crippen LogP contribution is -2.11. The van der Waals surface area contributed by atoms with Crippen LogP contribution in [-0.2, 0) is 16.0 Å². The van der Waals surface area contributed by atoms with Crippen LogP contribution in [0.1, 0.15) is 31.1 Å². The minimum Gasteiger partial charge on any atom is -0.326 e. The normalized spacial score (nSPS) is 10.2. The van der Waals surface area contributed by atoms with Crippen molar-refractivity contribution in [2.45, 2.75) is 32.6 Å². The van der Waals surface area contributed by atoms with Crippen LogP contribution in [0.2, 0.25) is 0 Å². The van der Waals surface area contributed by atoms with Gasteiger partial charge in [0.15, 0.2) is 0 Å². The van der Waals surface area contributed by atoms with E-state index in [1.54, 1.807) is 35.6 Å². The van der Waals surface area contributed by atoms with Crippen LogP contribution in [0.15, 0.2) is 41.8 Å². The van der Waals surface area contributed by atoms with Gasteiger partial charge >= 0.3 is 0 Å². The van der Waals surface area contributed by atoms with Gasteiger partial charge in [-0.1, -0.05) is 6.07 Å². The zero-order valence-corrected chi connectivity index (χ0v) is 13.4. The fraction of sp³-hybridized carbons (Fsp3) is 0.294. The van der Waals surface area contributed by atoms with Crippen LogP contribution in [0.3, 0.4) is 0 Å². The largest absolute Gasteiger partial charge is 0.326 e. The number of amides is 2. The summed E-state index contributed by atoms with van der Waals surface area (Å²) < 4.78 is 0. The number of hydrogen-bond donors (Lipinski definition) is 2. The predicted octanol–water partition coefficient (Wildman–Crippen LogP) is 4.06. The molecule has 22 heavy (non-hydrogen) atoms. The zero-order chi connectivity index (χ0) is 15.8. The van der Waals surface area contributed by atoms with Crippen molar-refractivity contribution in [3.05, 3.63) is 46.7 Å². The number of benzene rings is 1. The van der Waals surface area contributed by atoms with E-state index < -0.39 is 0 Å². The maximum absolute atomic E-state index is 11.9. The molecular weight excluding hydrogens is 296 g/mol. The van der Waals surface area contributed by atoms with Gasteiger partial charge in [0.05, 0.1) is 0 Å². The second-order valence-corrected chi connectivity index (χ2v) is 6.13. The minimum atomic E-state index is -0.109. The quantitative estimate of drug-likeness (QED) is 0.757. The Labute approximate surface area is 134 Å². The van der Waals surface area contributed by atoms with E-state index in [4.69, 9.17) is 0 Å². The number of carbonyl (C=O) groups excluding carboxylic acids is 2. The molecule has 116 valence electrons. The fourth-order valence-corrected chi connectivity index (χ4v) is 2.85. The Kier molecular flexibility index (Phi) is 6.15. The highest BCUT2D eigenvalue weighted by Crippen LogP contribution is 2.15. The summed E-state index contributed by atoms with van der Waals surface area (Å²) in [5.41, 5.74) is 1.47. The van der Waals surface area contributed by atoms with Crippen molar-refractivity contribution in [1.29, 1.82) is 0 Å². The van der Waals surface area contributed by atoms with Crippen molar-refractivity contribution in [1.82, 2.24) is 0 Å². The van der Waals surface area contributed by atoms with Crippen LogP contribution >= 0.6 is 11.3 Å². The first-order chi connectivity index (χ1) is 10.6. The SMILES string of the molecule is CC(=O)Nc1ccc(NC(=O)CCCCc2cccs2)cc1. The van der Waals surface area contributed by atoms with Crippen LogP contribution in [0.25, 0.3) is 0 Å². The van der Waals surface area contributed by atoms with Crippen LogP contribution < -0.4 is 10.6 Å². The first kappa shape index (κ1) is 16.2. The van der Waals surface area contributed by atoms with Gasteiger partial charge < -0.3 is 10.6 Å². The fourth-order valence-electron chi connectivity index (χ4n) is 2.10.